The van der Waals surface area contributed by atoms with Crippen molar-refractivity contribution in [1.29, 1.82) is 0 Å². The van der Waals surface area contributed by atoms with Crippen molar-refractivity contribution >= 4 is 11.7 Å². The van der Waals surface area contributed by atoms with E-state index in [1.807, 2.05) is 46.1 Å². The summed E-state index contributed by atoms with van der Waals surface area (Å²) >= 11 is 0. The number of hydrogen-bond donors (Lipinski definition) is 2. The number of amides is 2. The van der Waals surface area contributed by atoms with Crippen molar-refractivity contribution in [2.75, 3.05) is 44.6 Å². The first kappa shape index (κ1) is 16.5. The molecule has 1 aromatic heterocycles. The molecule has 3 rings (SSSR count). The van der Waals surface area contributed by atoms with Crippen molar-refractivity contribution in [1.82, 2.24) is 19.6 Å². The number of hydrogen-bond acceptors (Lipinski definition) is 4. The van der Waals surface area contributed by atoms with Crippen LogP contribution in [0.4, 0.5) is 10.5 Å². The van der Waals surface area contributed by atoms with Gasteiger partial charge in [0.2, 0.25) is 0 Å². The summed E-state index contributed by atoms with van der Waals surface area (Å²) in [5.41, 5.74) is 1.88. The molecule has 1 aromatic carbocycles. The lowest BCUT2D eigenvalue weighted by atomic mass is 10.2. The van der Waals surface area contributed by atoms with Crippen molar-refractivity contribution in [2.24, 2.45) is 0 Å². The van der Waals surface area contributed by atoms with E-state index in [1.54, 1.807) is 6.20 Å². The van der Waals surface area contributed by atoms with Gasteiger partial charge in [0, 0.05) is 50.8 Å². The Morgan fingerprint density at radius 3 is 2.75 bits per heavy atom. The van der Waals surface area contributed by atoms with Gasteiger partial charge in [-0.25, -0.2) is 4.79 Å². The lowest BCUT2D eigenvalue weighted by Gasteiger charge is -2.34. The molecule has 0 radical (unpaired) electrons. The van der Waals surface area contributed by atoms with Crippen LogP contribution in [-0.4, -0.2) is 70.0 Å². The molecule has 0 aliphatic carbocycles. The fraction of sp³-hybridized carbons (Fsp3) is 0.412. The van der Waals surface area contributed by atoms with Crippen LogP contribution in [0.25, 0.3) is 0 Å². The molecule has 2 aromatic rings. The molecular weight excluding hydrogens is 306 g/mol. The first-order valence-electron chi connectivity index (χ1n) is 8.20. The SMILES string of the molecule is O=C(Nc1cccc(Cn2cccn2)c1)N1CCN(CCO)CC1. The molecule has 1 aliphatic rings. The molecule has 0 saturated carbocycles. The van der Waals surface area contributed by atoms with E-state index in [4.69, 9.17) is 5.11 Å². The van der Waals surface area contributed by atoms with E-state index < -0.39 is 0 Å². The summed E-state index contributed by atoms with van der Waals surface area (Å²) < 4.78 is 1.85. The summed E-state index contributed by atoms with van der Waals surface area (Å²) in [4.78, 5) is 16.4. The highest BCUT2D eigenvalue weighted by atomic mass is 16.3. The number of β-amino-alcohol motifs (C(OH)–C–C–N with tert-alkyl or cyclic N) is 1. The van der Waals surface area contributed by atoms with Crippen LogP contribution in [0.3, 0.4) is 0 Å². The maximum absolute atomic E-state index is 12.4. The Morgan fingerprint density at radius 1 is 1.21 bits per heavy atom. The van der Waals surface area contributed by atoms with Crippen LogP contribution in [0.2, 0.25) is 0 Å². The number of nitrogens with one attached hydrogen (secondary N) is 1. The van der Waals surface area contributed by atoms with Gasteiger partial charge in [0.05, 0.1) is 13.2 Å². The smallest absolute Gasteiger partial charge is 0.321 e. The second-order valence-corrected chi connectivity index (χ2v) is 5.89. The number of anilines is 1. The topological polar surface area (TPSA) is 73.6 Å². The Balaban J connectivity index is 1.55. The minimum atomic E-state index is -0.0742. The molecule has 0 bridgehead atoms. The summed E-state index contributed by atoms with van der Waals surface area (Å²) in [5.74, 6) is 0. The van der Waals surface area contributed by atoms with E-state index in [0.717, 1.165) is 24.3 Å². The van der Waals surface area contributed by atoms with Gasteiger partial charge in [-0.05, 0) is 23.8 Å². The average molecular weight is 329 g/mol. The summed E-state index contributed by atoms with van der Waals surface area (Å²) in [6.07, 6.45) is 3.67. The van der Waals surface area contributed by atoms with Crippen LogP contribution in [-0.2, 0) is 6.54 Å². The fourth-order valence-corrected chi connectivity index (χ4v) is 2.85. The highest BCUT2D eigenvalue weighted by molar-refractivity contribution is 5.89. The number of benzene rings is 1. The van der Waals surface area contributed by atoms with E-state index in [2.05, 4.69) is 15.3 Å². The number of nitrogens with zero attached hydrogens (tertiary/aromatic N) is 4. The van der Waals surface area contributed by atoms with Crippen LogP contribution in [0.15, 0.2) is 42.7 Å². The van der Waals surface area contributed by atoms with Crippen molar-refractivity contribution in [3.05, 3.63) is 48.3 Å². The highest BCUT2D eigenvalue weighted by Gasteiger charge is 2.20. The van der Waals surface area contributed by atoms with Crippen LogP contribution in [0.1, 0.15) is 5.56 Å². The third kappa shape index (κ3) is 4.33. The first-order chi connectivity index (χ1) is 11.7. The molecule has 0 unspecified atom stereocenters. The molecule has 2 amide bonds. The standard InChI is InChI=1S/C17H23N5O2/c23-12-11-20-7-9-21(10-8-20)17(24)19-16-4-1-3-15(13-16)14-22-6-2-5-18-22/h1-6,13,23H,7-12,14H2,(H,19,24). The quantitative estimate of drug-likeness (QED) is 0.861. The van der Waals surface area contributed by atoms with Crippen LogP contribution >= 0.6 is 0 Å². The summed E-state index contributed by atoms with van der Waals surface area (Å²) in [7, 11) is 0. The number of aliphatic hydroxyl groups excluding tert-OH is 1. The molecule has 2 N–H and O–H groups in total. The van der Waals surface area contributed by atoms with Crippen molar-refractivity contribution < 1.29 is 9.90 Å². The number of rotatable bonds is 5. The van der Waals surface area contributed by atoms with Crippen LogP contribution in [0, 0.1) is 0 Å². The lowest BCUT2D eigenvalue weighted by Crippen LogP contribution is -2.50. The number of carbonyl (C=O) groups excluding carboxylic acids is 1. The average Bonchev–Trinajstić information content (AvgIpc) is 3.09. The van der Waals surface area contributed by atoms with Gasteiger partial charge in [-0.1, -0.05) is 12.1 Å². The Bertz CT molecular complexity index is 651. The monoisotopic (exact) mass is 329 g/mol. The predicted molar refractivity (Wildman–Crippen MR) is 91.9 cm³/mol. The zero-order valence-electron chi connectivity index (χ0n) is 13.6. The second-order valence-electron chi connectivity index (χ2n) is 5.89. The Kier molecular flexibility index (Phi) is 5.45. The van der Waals surface area contributed by atoms with E-state index in [1.165, 1.54) is 0 Å². The van der Waals surface area contributed by atoms with E-state index in [-0.39, 0.29) is 12.6 Å². The molecule has 0 spiro atoms. The van der Waals surface area contributed by atoms with Crippen molar-refractivity contribution in [3.8, 4) is 0 Å². The maximum atomic E-state index is 12.4. The predicted octanol–water partition coefficient (Wildman–Crippen LogP) is 1.07. The largest absolute Gasteiger partial charge is 0.395 e. The summed E-state index contributed by atoms with van der Waals surface area (Å²) in [6, 6.07) is 9.64. The summed E-state index contributed by atoms with van der Waals surface area (Å²) in [6.45, 7) is 4.47. The Labute approximate surface area is 141 Å². The van der Waals surface area contributed by atoms with Gasteiger partial charge >= 0.3 is 6.03 Å². The minimum Gasteiger partial charge on any atom is -0.395 e. The molecule has 1 saturated heterocycles. The minimum absolute atomic E-state index is 0.0742. The van der Waals surface area contributed by atoms with Crippen molar-refractivity contribution in [2.45, 2.75) is 6.54 Å². The van der Waals surface area contributed by atoms with Gasteiger partial charge in [-0.2, -0.15) is 5.10 Å². The maximum Gasteiger partial charge on any atom is 0.321 e. The first-order valence-corrected chi connectivity index (χ1v) is 8.20. The lowest BCUT2D eigenvalue weighted by molar-refractivity contribution is 0.127. The number of urea groups is 1. The van der Waals surface area contributed by atoms with E-state index in [9.17, 15) is 4.79 Å². The molecule has 128 valence electrons. The number of carbonyl (C=O) groups is 1. The van der Waals surface area contributed by atoms with Gasteiger partial charge in [0.25, 0.3) is 0 Å². The number of aliphatic hydroxyl groups is 1. The third-order valence-corrected chi connectivity index (χ3v) is 4.16. The number of piperazine rings is 1. The third-order valence-electron chi connectivity index (χ3n) is 4.16. The van der Waals surface area contributed by atoms with Gasteiger partial charge in [-0.15, -0.1) is 0 Å². The highest BCUT2D eigenvalue weighted by Crippen LogP contribution is 2.13. The Hall–Kier alpha value is -2.38. The molecule has 0 atom stereocenters. The molecule has 1 aliphatic heterocycles. The van der Waals surface area contributed by atoms with Crippen LogP contribution < -0.4 is 5.32 Å². The zero-order valence-corrected chi connectivity index (χ0v) is 13.6. The van der Waals surface area contributed by atoms with E-state index >= 15 is 0 Å². The van der Waals surface area contributed by atoms with Gasteiger partial charge in [0.15, 0.2) is 0 Å². The molecule has 1 fully saturated rings. The molecule has 7 heteroatoms. The van der Waals surface area contributed by atoms with E-state index in [0.29, 0.717) is 26.2 Å². The second kappa shape index (κ2) is 7.94. The summed E-state index contributed by atoms with van der Waals surface area (Å²) in [5, 5.41) is 16.1. The fourth-order valence-electron chi connectivity index (χ4n) is 2.85. The Morgan fingerprint density at radius 2 is 2.04 bits per heavy atom. The van der Waals surface area contributed by atoms with Gasteiger partial charge in [-0.3, -0.25) is 9.58 Å². The van der Waals surface area contributed by atoms with Gasteiger partial charge < -0.3 is 15.3 Å². The zero-order chi connectivity index (χ0) is 16.8. The molecule has 24 heavy (non-hydrogen) atoms. The number of aromatic nitrogens is 2. The molecule has 2 heterocycles. The van der Waals surface area contributed by atoms with Crippen molar-refractivity contribution in [3.63, 3.8) is 0 Å². The van der Waals surface area contributed by atoms with Crippen LogP contribution in [0.5, 0.6) is 0 Å². The molecular formula is C17H23N5O2. The molecule has 7 nitrogen and oxygen atoms in total. The normalized spacial score (nSPS) is 15.5. The van der Waals surface area contributed by atoms with Gasteiger partial charge in [0.1, 0.15) is 0 Å².